The molecule has 3 aromatic rings. The summed E-state index contributed by atoms with van der Waals surface area (Å²) in [6.45, 7) is 2.18. The van der Waals surface area contributed by atoms with Gasteiger partial charge in [0.2, 0.25) is 10.0 Å². The zero-order valence-electron chi connectivity index (χ0n) is 20.3. The van der Waals surface area contributed by atoms with Crippen molar-refractivity contribution in [3.05, 3.63) is 81.2 Å². The molecular formula is C26H29IN4O5S. The normalized spacial score (nSPS) is 14.2. The van der Waals surface area contributed by atoms with E-state index in [1.807, 2.05) is 25.1 Å². The van der Waals surface area contributed by atoms with Crippen molar-refractivity contribution < 1.29 is 23.2 Å². The monoisotopic (exact) mass is 636 g/mol. The van der Waals surface area contributed by atoms with Crippen molar-refractivity contribution in [2.75, 3.05) is 18.5 Å². The molecule has 4 N–H and O–H groups in total. The number of carbonyl (C=O) groups is 1. The zero-order valence-corrected chi connectivity index (χ0v) is 23.3. The van der Waals surface area contributed by atoms with Crippen LogP contribution in [0.5, 0.6) is 0 Å². The highest BCUT2D eigenvalue weighted by atomic mass is 127. The van der Waals surface area contributed by atoms with Crippen LogP contribution in [-0.4, -0.2) is 37.6 Å². The first-order valence-electron chi connectivity index (χ1n) is 11.9. The average molecular weight is 637 g/mol. The Morgan fingerprint density at radius 1 is 1.14 bits per heavy atom. The number of carbonyl (C=O) groups excluding carboxylic acids is 1. The van der Waals surface area contributed by atoms with Gasteiger partial charge < -0.3 is 10.4 Å². The zero-order chi connectivity index (χ0) is 26.4. The fourth-order valence-electron chi connectivity index (χ4n) is 3.74. The van der Waals surface area contributed by atoms with Crippen LogP contribution in [0.15, 0.2) is 65.8 Å². The highest BCUT2D eigenvalue weighted by Crippen LogP contribution is 2.30. The molecule has 1 aliphatic rings. The van der Waals surface area contributed by atoms with Crippen LogP contribution in [0.1, 0.15) is 46.8 Å². The van der Waals surface area contributed by atoms with Crippen LogP contribution >= 0.6 is 22.6 Å². The summed E-state index contributed by atoms with van der Waals surface area (Å²) in [5, 5.41) is 12.7. The van der Waals surface area contributed by atoms with E-state index in [1.54, 1.807) is 24.5 Å². The number of hydroxylamine groups is 1. The van der Waals surface area contributed by atoms with Crippen LogP contribution in [0, 0.1) is 16.4 Å². The number of nitrogens with one attached hydrogen (secondary N) is 3. The summed E-state index contributed by atoms with van der Waals surface area (Å²) >= 11 is 2.22. The number of benzene rings is 2. The van der Waals surface area contributed by atoms with Gasteiger partial charge in [0.05, 0.1) is 22.8 Å². The van der Waals surface area contributed by atoms with Gasteiger partial charge in [-0.15, -0.1) is 0 Å². The second kappa shape index (κ2) is 12.3. The average Bonchev–Trinajstić information content (AvgIpc) is 3.70. The number of aromatic nitrogens is 1. The maximum atomic E-state index is 13.4. The lowest BCUT2D eigenvalue weighted by Gasteiger charge is -2.20. The Kier molecular flexibility index (Phi) is 9.13. The number of aliphatic hydroxyl groups excluding tert-OH is 1. The first-order chi connectivity index (χ1) is 17.8. The van der Waals surface area contributed by atoms with Gasteiger partial charge in [0.15, 0.2) is 0 Å². The van der Waals surface area contributed by atoms with E-state index < -0.39 is 22.0 Å². The van der Waals surface area contributed by atoms with Crippen molar-refractivity contribution in [2.45, 2.75) is 37.1 Å². The Labute approximate surface area is 230 Å². The summed E-state index contributed by atoms with van der Waals surface area (Å²) in [6, 6.07) is 12.8. The Morgan fingerprint density at radius 3 is 2.57 bits per heavy atom. The van der Waals surface area contributed by atoms with Crippen molar-refractivity contribution in [2.24, 2.45) is 5.92 Å². The van der Waals surface area contributed by atoms with E-state index >= 15 is 0 Å². The number of aryl methyl sites for hydroxylation is 1. The smallest absolute Gasteiger partial charge is 0.276 e. The molecule has 1 aliphatic carbocycles. The molecule has 1 amide bonds. The van der Waals surface area contributed by atoms with Gasteiger partial charge in [0.1, 0.15) is 0 Å². The predicted molar refractivity (Wildman–Crippen MR) is 149 cm³/mol. The molecule has 1 fully saturated rings. The Balaban J connectivity index is 1.64. The minimum atomic E-state index is -4.01. The van der Waals surface area contributed by atoms with Crippen molar-refractivity contribution in [1.82, 2.24) is 15.2 Å². The van der Waals surface area contributed by atoms with Gasteiger partial charge in [-0.05, 0) is 114 Å². The fourth-order valence-corrected chi connectivity index (χ4v) is 5.67. The minimum absolute atomic E-state index is 0.0226. The fraction of sp³-hybridized carbons (Fsp3) is 0.308. The molecule has 1 aromatic heterocycles. The van der Waals surface area contributed by atoms with E-state index in [4.69, 9.17) is 4.84 Å². The van der Waals surface area contributed by atoms with E-state index in [-0.39, 0.29) is 23.5 Å². The van der Waals surface area contributed by atoms with Crippen molar-refractivity contribution in [3.8, 4) is 0 Å². The molecule has 0 bridgehead atoms. The Hall–Kier alpha value is -2.58. The molecule has 0 aliphatic heterocycles. The number of halogens is 1. The molecule has 1 unspecified atom stereocenters. The van der Waals surface area contributed by atoms with Gasteiger partial charge in [-0.3, -0.25) is 14.6 Å². The molecule has 1 atom stereocenters. The van der Waals surface area contributed by atoms with Gasteiger partial charge in [0, 0.05) is 34.3 Å². The molecule has 0 spiro atoms. The third-order valence-electron chi connectivity index (χ3n) is 6.01. The van der Waals surface area contributed by atoms with Gasteiger partial charge in [-0.1, -0.05) is 0 Å². The van der Waals surface area contributed by atoms with Crippen LogP contribution in [0.2, 0.25) is 0 Å². The summed E-state index contributed by atoms with van der Waals surface area (Å²) < 4.78 is 30.5. The van der Waals surface area contributed by atoms with E-state index in [1.165, 1.54) is 18.2 Å². The first kappa shape index (κ1) is 27.5. The van der Waals surface area contributed by atoms with Crippen molar-refractivity contribution >= 4 is 49.9 Å². The number of aliphatic hydroxyl groups is 1. The number of sulfonamides is 1. The largest absolute Gasteiger partial charge is 0.396 e. The summed E-state index contributed by atoms with van der Waals surface area (Å²) in [5.41, 5.74) is 5.40. The number of nitrogens with zero attached hydrogens (tertiary/aromatic N) is 1. The topological polar surface area (TPSA) is 130 Å². The molecule has 1 saturated carbocycles. The molecule has 4 rings (SSSR count). The van der Waals surface area contributed by atoms with Crippen LogP contribution in [0.25, 0.3) is 0 Å². The van der Waals surface area contributed by atoms with Crippen molar-refractivity contribution in [1.29, 1.82) is 0 Å². The SMILES string of the molecule is Cc1cc(I)ccc1Nc1cc(S(=O)(=O)NC(CCO)c2ccncc2)ccc1C(=O)NOCC1CC1. The lowest BCUT2D eigenvalue weighted by Crippen LogP contribution is -2.30. The van der Waals surface area contributed by atoms with Crippen LogP contribution in [-0.2, 0) is 14.9 Å². The van der Waals surface area contributed by atoms with E-state index in [9.17, 15) is 18.3 Å². The van der Waals surface area contributed by atoms with Crippen molar-refractivity contribution in [3.63, 3.8) is 0 Å². The highest BCUT2D eigenvalue weighted by molar-refractivity contribution is 14.1. The highest BCUT2D eigenvalue weighted by Gasteiger charge is 2.25. The number of amides is 1. The molecular weight excluding hydrogens is 607 g/mol. The van der Waals surface area contributed by atoms with Crippen LogP contribution in [0.3, 0.4) is 0 Å². The second-order valence-corrected chi connectivity index (χ2v) is 11.9. The Bertz CT molecular complexity index is 1350. The lowest BCUT2D eigenvalue weighted by molar-refractivity contribution is 0.0271. The molecule has 196 valence electrons. The number of hydrogen-bond donors (Lipinski definition) is 4. The number of rotatable bonds is 12. The van der Waals surface area contributed by atoms with Crippen LogP contribution < -0.4 is 15.5 Å². The lowest BCUT2D eigenvalue weighted by atomic mass is 10.1. The molecule has 9 nitrogen and oxygen atoms in total. The predicted octanol–water partition coefficient (Wildman–Crippen LogP) is 4.21. The maximum Gasteiger partial charge on any atom is 0.276 e. The number of anilines is 2. The summed E-state index contributed by atoms with van der Waals surface area (Å²) in [4.78, 5) is 22.2. The van der Waals surface area contributed by atoms with Gasteiger partial charge in [-0.2, -0.15) is 0 Å². The first-order valence-corrected chi connectivity index (χ1v) is 14.5. The number of hydrogen-bond acceptors (Lipinski definition) is 7. The second-order valence-electron chi connectivity index (χ2n) is 8.94. The summed E-state index contributed by atoms with van der Waals surface area (Å²) in [5.74, 6) is -0.00337. The summed E-state index contributed by atoms with van der Waals surface area (Å²) in [7, 11) is -4.01. The van der Waals surface area contributed by atoms with E-state index in [2.05, 4.69) is 43.1 Å². The Morgan fingerprint density at radius 2 is 1.89 bits per heavy atom. The molecule has 0 saturated heterocycles. The molecule has 2 aromatic carbocycles. The molecule has 0 radical (unpaired) electrons. The van der Waals surface area contributed by atoms with Crippen LogP contribution in [0.4, 0.5) is 11.4 Å². The quantitative estimate of drug-likeness (QED) is 0.173. The van der Waals surface area contributed by atoms with Gasteiger partial charge >= 0.3 is 0 Å². The third kappa shape index (κ3) is 7.48. The van der Waals surface area contributed by atoms with Gasteiger partial charge in [0.25, 0.3) is 5.91 Å². The van der Waals surface area contributed by atoms with E-state index in [0.717, 1.165) is 27.7 Å². The molecule has 37 heavy (non-hydrogen) atoms. The van der Waals surface area contributed by atoms with Gasteiger partial charge in [-0.25, -0.2) is 18.6 Å². The van der Waals surface area contributed by atoms with E-state index in [0.29, 0.717) is 23.8 Å². The number of pyridine rings is 1. The minimum Gasteiger partial charge on any atom is -0.396 e. The summed E-state index contributed by atoms with van der Waals surface area (Å²) in [6.07, 6.45) is 5.50. The molecule has 11 heteroatoms. The standard InChI is InChI=1S/C26H29IN4O5S/c1-17-14-20(27)4-7-23(17)29-25-15-21(5-6-22(25)26(33)30-36-16-18-2-3-18)37(34,35)31-24(10-13-32)19-8-11-28-12-9-19/h4-9,11-12,14-15,18,24,29,31-32H,2-3,10,13,16H2,1H3,(H,30,33). The maximum absolute atomic E-state index is 13.4. The molecule has 1 heterocycles. The third-order valence-corrected chi connectivity index (χ3v) is 8.15.